The predicted octanol–water partition coefficient (Wildman–Crippen LogP) is 10.9. The van der Waals surface area contributed by atoms with Crippen LogP contribution in [0.1, 0.15) is 30.5 Å². The molecule has 2 heterocycles. The highest BCUT2D eigenvalue weighted by atomic mass is 32.1. The molecule has 0 atom stereocenters. The lowest BCUT2D eigenvalue weighted by atomic mass is 10.0. The quantitative estimate of drug-likeness (QED) is 0.193. The minimum absolute atomic E-state index is 0.757. The van der Waals surface area contributed by atoms with Gasteiger partial charge in [0.25, 0.3) is 0 Å². The zero-order valence-corrected chi connectivity index (χ0v) is 24.2. The Morgan fingerprint density at radius 3 is 1.80 bits per heavy atom. The van der Waals surface area contributed by atoms with Crippen molar-refractivity contribution in [2.75, 3.05) is 0 Å². The van der Waals surface area contributed by atoms with Gasteiger partial charge < -0.3 is 0 Å². The Morgan fingerprint density at radius 1 is 0.610 bits per heavy atom. The number of hydrogen-bond donors (Lipinski definition) is 0. The molecule has 6 rings (SSSR count). The van der Waals surface area contributed by atoms with Crippen LogP contribution < -0.4 is 0 Å². The van der Waals surface area contributed by atoms with E-state index in [2.05, 4.69) is 110 Å². The van der Waals surface area contributed by atoms with Crippen LogP contribution in [0.5, 0.6) is 0 Å². The highest BCUT2D eigenvalue weighted by Crippen LogP contribution is 2.32. The van der Waals surface area contributed by atoms with Crippen LogP contribution in [0.15, 0.2) is 146 Å². The minimum atomic E-state index is 0.757. The van der Waals surface area contributed by atoms with Gasteiger partial charge in [0.2, 0.25) is 0 Å². The van der Waals surface area contributed by atoms with E-state index >= 15 is 0 Å². The van der Waals surface area contributed by atoms with Crippen LogP contribution in [0.4, 0.5) is 0 Å². The average molecular weight is 549 g/mol. The van der Waals surface area contributed by atoms with E-state index in [9.17, 15) is 0 Å². The molecule has 0 saturated heterocycles. The average Bonchev–Trinajstić information content (AvgIpc) is 3.51. The van der Waals surface area contributed by atoms with Gasteiger partial charge in [-0.05, 0) is 53.1 Å². The van der Waals surface area contributed by atoms with Crippen molar-refractivity contribution in [3.8, 4) is 22.6 Å². The van der Waals surface area contributed by atoms with Gasteiger partial charge in [-0.1, -0.05) is 140 Å². The van der Waals surface area contributed by atoms with E-state index < -0.39 is 0 Å². The Balaban J connectivity index is 0.000000175. The smallest absolute Gasteiger partial charge is 0.160 e. The first kappa shape index (κ1) is 27.7. The van der Waals surface area contributed by atoms with Gasteiger partial charge in [-0.25, -0.2) is 9.97 Å². The molecule has 3 heteroatoms. The first-order valence-corrected chi connectivity index (χ1v) is 14.4. The summed E-state index contributed by atoms with van der Waals surface area (Å²) in [6, 6.07) is 41.2. The van der Waals surface area contributed by atoms with Gasteiger partial charge in [-0.2, -0.15) is 0 Å². The number of nitrogens with zero attached hydrogens (tertiary/aromatic N) is 2. The molecule has 0 N–H and O–H groups in total. The summed E-state index contributed by atoms with van der Waals surface area (Å²) in [4.78, 5) is 9.61. The van der Waals surface area contributed by atoms with Crippen molar-refractivity contribution in [1.82, 2.24) is 9.97 Å². The molecule has 0 spiro atoms. The van der Waals surface area contributed by atoms with Crippen LogP contribution in [0.2, 0.25) is 0 Å². The molecule has 0 amide bonds. The maximum absolute atomic E-state index is 4.87. The lowest BCUT2D eigenvalue weighted by Crippen LogP contribution is -1.93. The molecule has 41 heavy (non-hydrogen) atoms. The molecule has 0 unspecified atom stereocenters. The molecular formula is C38H32N2S. The van der Waals surface area contributed by atoms with Crippen molar-refractivity contribution < 1.29 is 0 Å². The zero-order chi connectivity index (χ0) is 28.6. The Morgan fingerprint density at radius 2 is 1.20 bits per heavy atom. The number of benzene rings is 4. The Hall–Kier alpha value is -4.86. The van der Waals surface area contributed by atoms with Crippen molar-refractivity contribution in [2.24, 2.45) is 0 Å². The van der Waals surface area contributed by atoms with Crippen LogP contribution in [0, 0.1) is 0 Å². The summed E-state index contributed by atoms with van der Waals surface area (Å²) in [5.41, 5.74) is 11.0. The third kappa shape index (κ3) is 6.84. The summed E-state index contributed by atoms with van der Waals surface area (Å²) in [6.45, 7) is 12.2. The number of allylic oxidation sites excluding steroid dienone is 4. The molecule has 0 saturated carbocycles. The second kappa shape index (κ2) is 13.0. The summed E-state index contributed by atoms with van der Waals surface area (Å²) < 4.78 is 1.13. The third-order valence-corrected chi connectivity index (χ3v) is 7.66. The van der Waals surface area contributed by atoms with Gasteiger partial charge in [0.05, 0.1) is 15.9 Å². The van der Waals surface area contributed by atoms with Gasteiger partial charge in [0, 0.05) is 11.1 Å². The summed E-state index contributed by atoms with van der Waals surface area (Å²) in [5.74, 6) is 0.757. The van der Waals surface area contributed by atoms with Crippen LogP contribution in [-0.2, 0) is 0 Å². The zero-order valence-electron chi connectivity index (χ0n) is 23.4. The first-order valence-electron chi connectivity index (χ1n) is 13.5. The normalized spacial score (nSPS) is 11.0. The number of rotatable bonds is 6. The fourth-order valence-corrected chi connectivity index (χ4v) is 5.31. The second-order valence-corrected chi connectivity index (χ2v) is 10.8. The third-order valence-electron chi connectivity index (χ3n) is 6.75. The fourth-order valence-electron chi connectivity index (χ4n) is 4.47. The molecule has 0 aliphatic heterocycles. The van der Waals surface area contributed by atoms with E-state index in [1.165, 1.54) is 16.7 Å². The van der Waals surface area contributed by atoms with E-state index in [0.717, 1.165) is 49.6 Å². The molecule has 200 valence electrons. The highest BCUT2D eigenvalue weighted by molar-refractivity contribution is 7.17. The van der Waals surface area contributed by atoms with Crippen molar-refractivity contribution in [3.05, 3.63) is 163 Å². The van der Waals surface area contributed by atoms with Crippen LogP contribution in [-0.4, -0.2) is 9.97 Å². The predicted molar refractivity (Wildman–Crippen MR) is 179 cm³/mol. The summed E-state index contributed by atoms with van der Waals surface area (Å²) in [7, 11) is 0. The van der Waals surface area contributed by atoms with E-state index in [1.54, 1.807) is 11.3 Å². The molecule has 4 aromatic carbocycles. The standard InChI is InChI=1S/C21H16N2S.C17H16/c1-14(2)15-8-10-17(11-9-15)21-22-18-12-13-24-20(18)19(23-21)16-6-4-3-5-7-16;1-14(16-9-5-3-6-10-16)13-15(2)17-11-7-4-8-12-17/h3-13H,1H2,2H3;3-13H,1H2,2H3/b;15-13+. The Labute approximate surface area is 246 Å². The molecule has 2 aromatic heterocycles. The molecule has 2 nitrogen and oxygen atoms in total. The van der Waals surface area contributed by atoms with E-state index in [-0.39, 0.29) is 0 Å². The van der Waals surface area contributed by atoms with Gasteiger partial charge in [-0.15, -0.1) is 11.3 Å². The number of hydrogen-bond acceptors (Lipinski definition) is 3. The lowest BCUT2D eigenvalue weighted by Gasteiger charge is -2.07. The summed E-state index contributed by atoms with van der Waals surface area (Å²) in [5, 5.41) is 2.07. The maximum Gasteiger partial charge on any atom is 0.160 e. The molecule has 6 aromatic rings. The lowest BCUT2D eigenvalue weighted by molar-refractivity contribution is 1.24. The number of aromatic nitrogens is 2. The largest absolute Gasteiger partial charge is 0.227 e. The fraction of sp³-hybridized carbons (Fsp3) is 0.0526. The van der Waals surface area contributed by atoms with Gasteiger partial charge in [0.15, 0.2) is 5.82 Å². The van der Waals surface area contributed by atoms with Crippen LogP contribution >= 0.6 is 11.3 Å². The Bertz CT molecular complexity index is 1800. The van der Waals surface area contributed by atoms with E-state index in [1.807, 2.05) is 49.4 Å². The van der Waals surface area contributed by atoms with Crippen LogP contribution in [0.3, 0.4) is 0 Å². The Kier molecular flexibility index (Phi) is 8.78. The molecule has 0 radical (unpaired) electrons. The summed E-state index contributed by atoms with van der Waals surface area (Å²) >= 11 is 1.68. The topological polar surface area (TPSA) is 25.8 Å². The van der Waals surface area contributed by atoms with E-state index in [4.69, 9.17) is 9.97 Å². The highest BCUT2D eigenvalue weighted by Gasteiger charge is 2.12. The SMILES string of the molecule is C=C(/C=C(\C)c1ccccc1)c1ccccc1.C=C(C)c1ccc(-c2nc(-c3ccccc3)c3sccc3n2)cc1. The van der Waals surface area contributed by atoms with Gasteiger partial charge in [-0.3, -0.25) is 0 Å². The molecule has 0 bridgehead atoms. The van der Waals surface area contributed by atoms with Crippen molar-refractivity contribution >= 4 is 38.3 Å². The van der Waals surface area contributed by atoms with E-state index in [0.29, 0.717) is 0 Å². The maximum atomic E-state index is 4.87. The minimum Gasteiger partial charge on any atom is -0.227 e. The molecular weight excluding hydrogens is 516 g/mol. The monoisotopic (exact) mass is 548 g/mol. The summed E-state index contributed by atoms with van der Waals surface area (Å²) in [6.07, 6.45) is 2.13. The van der Waals surface area contributed by atoms with Crippen LogP contribution in [0.25, 0.3) is 49.6 Å². The van der Waals surface area contributed by atoms with Crippen molar-refractivity contribution in [2.45, 2.75) is 13.8 Å². The van der Waals surface area contributed by atoms with Crippen molar-refractivity contribution in [3.63, 3.8) is 0 Å². The van der Waals surface area contributed by atoms with Gasteiger partial charge in [0.1, 0.15) is 0 Å². The number of thiophene rings is 1. The first-order chi connectivity index (χ1) is 20.0. The molecule has 0 fully saturated rings. The second-order valence-electron chi connectivity index (χ2n) is 9.84. The van der Waals surface area contributed by atoms with Crippen molar-refractivity contribution in [1.29, 1.82) is 0 Å². The molecule has 0 aliphatic carbocycles. The van der Waals surface area contributed by atoms with Gasteiger partial charge >= 0.3 is 0 Å². The molecule has 0 aliphatic rings. The number of fused-ring (bicyclic) bond motifs is 1.